The number of nitrogens with zero attached hydrogens (tertiary/aromatic N) is 2. The second-order valence-electron chi connectivity index (χ2n) is 6.62. The van der Waals surface area contributed by atoms with Gasteiger partial charge in [0.25, 0.3) is 0 Å². The normalized spacial score (nSPS) is 16.7. The molecule has 0 saturated carbocycles. The Morgan fingerprint density at radius 2 is 1.80 bits per heavy atom. The molecule has 1 aliphatic rings. The predicted molar refractivity (Wildman–Crippen MR) is 107 cm³/mol. The maximum Gasteiger partial charge on any atom is 0.128 e. The van der Waals surface area contributed by atoms with Gasteiger partial charge in [-0.3, -0.25) is 0 Å². The van der Waals surface area contributed by atoms with E-state index in [-0.39, 0.29) is 6.17 Å². The molecule has 3 nitrogen and oxygen atoms in total. The van der Waals surface area contributed by atoms with Gasteiger partial charge in [0.2, 0.25) is 0 Å². The van der Waals surface area contributed by atoms with Crippen LogP contribution in [0.4, 0.5) is 5.69 Å². The van der Waals surface area contributed by atoms with E-state index in [0.717, 1.165) is 28.1 Å². The Morgan fingerprint density at radius 1 is 1.08 bits per heavy atom. The molecular formula is C22H26N2O. The van der Waals surface area contributed by atoms with Gasteiger partial charge in [-0.2, -0.15) is 0 Å². The summed E-state index contributed by atoms with van der Waals surface area (Å²) in [6, 6.07) is 10.6. The van der Waals surface area contributed by atoms with Crippen LogP contribution in [0.3, 0.4) is 0 Å². The minimum Gasteiger partial charge on any atom is -0.496 e. The van der Waals surface area contributed by atoms with Crippen molar-refractivity contribution in [3.63, 3.8) is 0 Å². The van der Waals surface area contributed by atoms with Crippen LogP contribution >= 0.6 is 0 Å². The molecule has 2 aromatic rings. The Bertz CT molecular complexity index is 853. The molecule has 1 unspecified atom stereocenters. The highest BCUT2D eigenvalue weighted by Gasteiger charge is 2.33. The monoisotopic (exact) mass is 334 g/mol. The van der Waals surface area contributed by atoms with Gasteiger partial charge in [-0.25, -0.2) is 0 Å². The SMILES string of the molecule is C=Cc1cccc2c1C(=C)N(C)C(c1ccc(C)c(OC)c1C)N2C. The van der Waals surface area contributed by atoms with Gasteiger partial charge in [0.1, 0.15) is 11.9 Å². The fourth-order valence-corrected chi connectivity index (χ4v) is 3.90. The minimum atomic E-state index is 0.0644. The molecule has 0 N–H and O–H groups in total. The quantitative estimate of drug-likeness (QED) is 0.785. The molecule has 0 spiro atoms. The number of hydrogen-bond acceptors (Lipinski definition) is 3. The molecule has 0 fully saturated rings. The van der Waals surface area contributed by atoms with Crippen LogP contribution < -0.4 is 9.64 Å². The lowest BCUT2D eigenvalue weighted by atomic mass is 9.93. The summed E-state index contributed by atoms with van der Waals surface area (Å²) < 4.78 is 5.64. The maximum absolute atomic E-state index is 5.64. The van der Waals surface area contributed by atoms with Crippen molar-refractivity contribution < 1.29 is 4.74 Å². The van der Waals surface area contributed by atoms with Crippen molar-refractivity contribution in [3.05, 3.63) is 71.3 Å². The average molecular weight is 334 g/mol. The van der Waals surface area contributed by atoms with Crippen molar-refractivity contribution in [2.75, 3.05) is 26.1 Å². The molecule has 0 aliphatic carbocycles. The molecule has 0 bridgehead atoms. The van der Waals surface area contributed by atoms with Gasteiger partial charge in [-0.1, -0.05) is 43.5 Å². The third-order valence-corrected chi connectivity index (χ3v) is 5.25. The Balaban J connectivity index is 2.20. The summed E-state index contributed by atoms with van der Waals surface area (Å²) in [5.74, 6) is 0.954. The summed E-state index contributed by atoms with van der Waals surface area (Å²) in [4.78, 5) is 4.53. The van der Waals surface area contributed by atoms with E-state index in [1.807, 2.05) is 6.08 Å². The summed E-state index contributed by atoms with van der Waals surface area (Å²) in [6.45, 7) is 12.5. The van der Waals surface area contributed by atoms with Gasteiger partial charge >= 0.3 is 0 Å². The maximum atomic E-state index is 5.64. The minimum absolute atomic E-state index is 0.0644. The summed E-state index contributed by atoms with van der Waals surface area (Å²) in [5, 5.41) is 0. The van der Waals surface area contributed by atoms with Crippen molar-refractivity contribution in [1.82, 2.24) is 4.90 Å². The second kappa shape index (κ2) is 6.32. The lowest BCUT2D eigenvalue weighted by Crippen LogP contribution is -2.41. The van der Waals surface area contributed by atoms with E-state index in [0.29, 0.717) is 0 Å². The molecule has 0 saturated heterocycles. The first-order valence-corrected chi connectivity index (χ1v) is 8.46. The molecule has 1 aliphatic heterocycles. The molecule has 0 amide bonds. The van der Waals surface area contributed by atoms with Crippen molar-refractivity contribution >= 4 is 17.5 Å². The predicted octanol–water partition coefficient (Wildman–Crippen LogP) is 5.01. The van der Waals surface area contributed by atoms with E-state index in [1.54, 1.807) is 7.11 Å². The third kappa shape index (κ3) is 2.51. The molecule has 1 atom stereocenters. The molecule has 0 aromatic heterocycles. The number of aryl methyl sites for hydroxylation is 1. The molecule has 3 heteroatoms. The van der Waals surface area contributed by atoms with E-state index in [2.05, 4.69) is 81.2 Å². The highest BCUT2D eigenvalue weighted by atomic mass is 16.5. The van der Waals surface area contributed by atoms with Crippen LogP contribution in [0.15, 0.2) is 43.5 Å². The number of hydrogen-bond donors (Lipinski definition) is 0. The molecule has 3 rings (SSSR count). The highest BCUT2D eigenvalue weighted by Crippen LogP contribution is 2.45. The molecule has 0 radical (unpaired) electrons. The zero-order valence-electron chi connectivity index (χ0n) is 15.8. The molecule has 1 heterocycles. The average Bonchev–Trinajstić information content (AvgIpc) is 2.61. The first-order chi connectivity index (χ1) is 11.9. The Kier molecular flexibility index (Phi) is 4.34. The summed E-state index contributed by atoms with van der Waals surface area (Å²) in [7, 11) is 5.96. The van der Waals surface area contributed by atoms with Crippen LogP contribution in [0.2, 0.25) is 0 Å². The molecule has 2 aromatic carbocycles. The van der Waals surface area contributed by atoms with E-state index in [9.17, 15) is 0 Å². The number of rotatable bonds is 3. The number of ether oxygens (including phenoxy) is 1. The van der Waals surface area contributed by atoms with Gasteiger partial charge in [-0.05, 0) is 36.6 Å². The van der Waals surface area contributed by atoms with E-state index in [4.69, 9.17) is 4.74 Å². The highest BCUT2D eigenvalue weighted by molar-refractivity contribution is 5.84. The van der Waals surface area contributed by atoms with Crippen molar-refractivity contribution in [2.45, 2.75) is 20.0 Å². The molecule has 25 heavy (non-hydrogen) atoms. The second-order valence-corrected chi connectivity index (χ2v) is 6.62. The van der Waals surface area contributed by atoms with Crippen LogP contribution in [0.1, 0.15) is 34.0 Å². The zero-order valence-corrected chi connectivity index (χ0v) is 15.8. The van der Waals surface area contributed by atoms with Gasteiger partial charge in [0.05, 0.1) is 7.11 Å². The zero-order chi connectivity index (χ0) is 18.3. The van der Waals surface area contributed by atoms with Crippen LogP contribution in [-0.2, 0) is 0 Å². The number of methoxy groups -OCH3 is 1. The van der Waals surface area contributed by atoms with Crippen LogP contribution in [0.25, 0.3) is 11.8 Å². The smallest absolute Gasteiger partial charge is 0.128 e. The first kappa shape index (κ1) is 17.2. The first-order valence-electron chi connectivity index (χ1n) is 8.46. The molecule has 130 valence electrons. The van der Waals surface area contributed by atoms with Gasteiger partial charge in [-0.15, -0.1) is 0 Å². The Labute approximate surface area is 150 Å². The van der Waals surface area contributed by atoms with Gasteiger partial charge in [0, 0.05) is 36.6 Å². The topological polar surface area (TPSA) is 15.7 Å². The number of fused-ring (bicyclic) bond motifs is 1. The largest absolute Gasteiger partial charge is 0.496 e. The van der Waals surface area contributed by atoms with Crippen LogP contribution in [0.5, 0.6) is 5.75 Å². The Morgan fingerprint density at radius 3 is 2.44 bits per heavy atom. The van der Waals surface area contributed by atoms with E-state index >= 15 is 0 Å². The third-order valence-electron chi connectivity index (χ3n) is 5.25. The van der Waals surface area contributed by atoms with Gasteiger partial charge in [0.15, 0.2) is 0 Å². The van der Waals surface area contributed by atoms with E-state index < -0.39 is 0 Å². The standard InChI is InChI=1S/C22H26N2O/c1-8-17-10-9-11-19-20(17)16(4)23(5)22(24(19)6)18-13-12-14(2)21(25-7)15(18)3/h8-13,22H,1,4H2,2-3,5-7H3. The van der Waals surface area contributed by atoms with Crippen LogP contribution in [-0.4, -0.2) is 26.1 Å². The molecular weight excluding hydrogens is 308 g/mol. The van der Waals surface area contributed by atoms with Crippen LogP contribution in [0, 0.1) is 13.8 Å². The fraction of sp³-hybridized carbons (Fsp3) is 0.273. The lowest BCUT2D eigenvalue weighted by molar-refractivity contribution is 0.338. The van der Waals surface area contributed by atoms with Crippen molar-refractivity contribution in [3.8, 4) is 5.75 Å². The van der Waals surface area contributed by atoms with E-state index in [1.165, 1.54) is 16.8 Å². The summed E-state index contributed by atoms with van der Waals surface area (Å²) in [6.07, 6.45) is 1.96. The number of anilines is 1. The van der Waals surface area contributed by atoms with Crippen molar-refractivity contribution in [2.24, 2.45) is 0 Å². The number of benzene rings is 2. The summed E-state index contributed by atoms with van der Waals surface area (Å²) in [5.41, 5.74) is 7.98. The fourth-order valence-electron chi connectivity index (χ4n) is 3.90. The Hall–Kier alpha value is -2.68. The van der Waals surface area contributed by atoms with Gasteiger partial charge < -0.3 is 14.5 Å². The lowest BCUT2D eigenvalue weighted by Gasteiger charge is -2.46. The summed E-state index contributed by atoms with van der Waals surface area (Å²) >= 11 is 0. The van der Waals surface area contributed by atoms with Crippen molar-refractivity contribution in [1.29, 1.82) is 0 Å².